The Morgan fingerprint density at radius 2 is 1.79 bits per heavy atom. The molecule has 7 heteroatoms. The van der Waals surface area contributed by atoms with Gasteiger partial charge in [-0.2, -0.15) is 0 Å². The average Bonchev–Trinajstić information content (AvgIpc) is 2.28. The molecule has 1 rings (SSSR count). The molecule has 0 saturated carbocycles. The van der Waals surface area contributed by atoms with Crippen molar-refractivity contribution >= 4 is 21.2 Å². The molecular weight excluding hydrogens is 268 g/mol. The number of hydrogen-bond acceptors (Lipinski definition) is 6. The molecule has 0 bridgehead atoms. The smallest absolute Gasteiger partial charge is 0.162 e. The first-order valence-electron chi connectivity index (χ1n) is 5.72. The molecule has 0 aliphatic carbocycles. The Morgan fingerprint density at radius 1 is 1.26 bits per heavy atom. The van der Waals surface area contributed by atoms with Crippen LogP contribution in [0, 0.1) is 0 Å². The van der Waals surface area contributed by atoms with E-state index in [0.717, 1.165) is 0 Å². The van der Waals surface area contributed by atoms with Gasteiger partial charge in [0, 0.05) is 24.4 Å². The lowest BCUT2D eigenvalue weighted by atomic mass is 10.2. The third-order valence-corrected chi connectivity index (χ3v) is 3.62. The molecule has 0 amide bonds. The Bertz CT molecular complexity index is 543. The minimum Gasteiger partial charge on any atom is -0.493 e. The normalized spacial score (nSPS) is 12.8. The van der Waals surface area contributed by atoms with E-state index < -0.39 is 9.84 Å². The van der Waals surface area contributed by atoms with Crippen LogP contribution in [0.3, 0.4) is 0 Å². The van der Waals surface area contributed by atoms with Crippen molar-refractivity contribution in [2.75, 3.05) is 37.3 Å². The van der Waals surface area contributed by atoms with Gasteiger partial charge in [-0.05, 0) is 6.92 Å². The maximum Gasteiger partial charge on any atom is 0.162 e. The second kappa shape index (κ2) is 6.01. The summed E-state index contributed by atoms with van der Waals surface area (Å²) in [4.78, 5) is 0. The molecule has 0 fully saturated rings. The molecule has 0 saturated heterocycles. The molecule has 108 valence electrons. The Kier molecular flexibility index (Phi) is 4.88. The zero-order chi connectivity index (χ0) is 14.6. The Balaban J connectivity index is 2.95. The molecule has 0 aliphatic heterocycles. The van der Waals surface area contributed by atoms with E-state index in [-0.39, 0.29) is 11.8 Å². The largest absolute Gasteiger partial charge is 0.493 e. The molecule has 0 spiro atoms. The van der Waals surface area contributed by atoms with Gasteiger partial charge in [0.25, 0.3) is 0 Å². The molecule has 1 unspecified atom stereocenters. The Hall–Kier alpha value is -1.63. The van der Waals surface area contributed by atoms with Crippen LogP contribution in [-0.4, -0.2) is 40.7 Å². The highest BCUT2D eigenvalue weighted by Crippen LogP contribution is 2.35. The van der Waals surface area contributed by atoms with E-state index in [4.69, 9.17) is 15.2 Å². The first-order chi connectivity index (χ1) is 8.76. The SMILES string of the molecule is COc1cc(N)c(NC(C)CS(C)(=O)=O)cc1OC. The second-order valence-electron chi connectivity index (χ2n) is 4.43. The fraction of sp³-hybridized carbons (Fsp3) is 0.500. The van der Waals surface area contributed by atoms with Crippen LogP contribution < -0.4 is 20.5 Å². The molecule has 3 N–H and O–H groups in total. The molecule has 0 aromatic heterocycles. The van der Waals surface area contributed by atoms with Gasteiger partial charge in [0.2, 0.25) is 0 Å². The maximum atomic E-state index is 11.2. The Labute approximate surface area is 113 Å². The zero-order valence-corrected chi connectivity index (χ0v) is 12.4. The first kappa shape index (κ1) is 15.4. The minimum atomic E-state index is -3.04. The zero-order valence-electron chi connectivity index (χ0n) is 11.6. The van der Waals surface area contributed by atoms with Crippen LogP contribution in [0.15, 0.2) is 12.1 Å². The van der Waals surface area contributed by atoms with Gasteiger partial charge in [0.05, 0.1) is 31.3 Å². The number of methoxy groups -OCH3 is 2. The van der Waals surface area contributed by atoms with E-state index in [1.807, 2.05) is 0 Å². The fourth-order valence-corrected chi connectivity index (χ4v) is 2.77. The lowest BCUT2D eigenvalue weighted by molar-refractivity contribution is 0.355. The van der Waals surface area contributed by atoms with E-state index in [1.165, 1.54) is 20.5 Å². The van der Waals surface area contributed by atoms with Crippen molar-refractivity contribution in [3.63, 3.8) is 0 Å². The summed E-state index contributed by atoms with van der Waals surface area (Å²) >= 11 is 0. The van der Waals surface area contributed by atoms with Crippen LogP contribution in [0.4, 0.5) is 11.4 Å². The molecule has 1 aromatic rings. The van der Waals surface area contributed by atoms with Crippen molar-refractivity contribution in [2.24, 2.45) is 0 Å². The highest BCUT2D eigenvalue weighted by molar-refractivity contribution is 7.90. The number of anilines is 2. The van der Waals surface area contributed by atoms with Crippen molar-refractivity contribution in [2.45, 2.75) is 13.0 Å². The predicted molar refractivity (Wildman–Crippen MR) is 76.8 cm³/mol. The lowest BCUT2D eigenvalue weighted by Crippen LogP contribution is -2.25. The monoisotopic (exact) mass is 288 g/mol. The van der Waals surface area contributed by atoms with Gasteiger partial charge in [0.15, 0.2) is 11.5 Å². The molecule has 6 nitrogen and oxygen atoms in total. The number of benzene rings is 1. The summed E-state index contributed by atoms with van der Waals surface area (Å²) in [5.74, 6) is 1.09. The standard InChI is InChI=1S/C12H20N2O4S/c1-8(7-19(4,15)16)14-10-6-12(18-3)11(17-2)5-9(10)13/h5-6,8,14H,7,13H2,1-4H3. The molecule has 19 heavy (non-hydrogen) atoms. The minimum absolute atomic E-state index is 0.0286. The summed E-state index contributed by atoms with van der Waals surface area (Å²) < 4.78 is 32.8. The molecule has 1 atom stereocenters. The number of sulfone groups is 1. The third kappa shape index (κ3) is 4.51. The molecule has 1 aromatic carbocycles. The number of ether oxygens (including phenoxy) is 2. The first-order valence-corrected chi connectivity index (χ1v) is 7.78. The summed E-state index contributed by atoms with van der Waals surface area (Å²) in [6.07, 6.45) is 1.20. The third-order valence-electron chi connectivity index (χ3n) is 2.51. The second-order valence-corrected chi connectivity index (χ2v) is 6.62. The van der Waals surface area contributed by atoms with Crippen molar-refractivity contribution in [3.05, 3.63) is 12.1 Å². The maximum absolute atomic E-state index is 11.2. The summed E-state index contributed by atoms with van der Waals surface area (Å²) in [5.41, 5.74) is 6.97. The van der Waals surface area contributed by atoms with E-state index in [9.17, 15) is 8.42 Å². The van der Waals surface area contributed by atoms with Crippen molar-refractivity contribution in [1.82, 2.24) is 0 Å². The van der Waals surface area contributed by atoms with Crippen LogP contribution in [0.5, 0.6) is 11.5 Å². The van der Waals surface area contributed by atoms with Crippen LogP contribution in [-0.2, 0) is 9.84 Å². The lowest BCUT2D eigenvalue weighted by Gasteiger charge is -2.18. The summed E-state index contributed by atoms with van der Waals surface area (Å²) in [6, 6.07) is 3.07. The number of nitrogens with two attached hydrogens (primary N) is 1. The van der Waals surface area contributed by atoms with Gasteiger partial charge < -0.3 is 20.5 Å². The molecule has 0 heterocycles. The summed E-state index contributed by atoms with van der Waals surface area (Å²) in [7, 11) is 0.00595. The molecule has 0 radical (unpaired) electrons. The van der Waals surface area contributed by atoms with Gasteiger partial charge in [-0.25, -0.2) is 8.42 Å². The van der Waals surface area contributed by atoms with Gasteiger partial charge in [-0.1, -0.05) is 0 Å². The van der Waals surface area contributed by atoms with E-state index >= 15 is 0 Å². The fourth-order valence-electron chi connectivity index (χ4n) is 1.78. The molecular formula is C12H20N2O4S. The Morgan fingerprint density at radius 3 is 2.26 bits per heavy atom. The van der Waals surface area contributed by atoms with Crippen molar-refractivity contribution in [1.29, 1.82) is 0 Å². The van der Waals surface area contributed by atoms with Gasteiger partial charge in [-0.15, -0.1) is 0 Å². The average molecular weight is 288 g/mol. The number of rotatable bonds is 6. The van der Waals surface area contributed by atoms with Gasteiger partial charge in [-0.3, -0.25) is 0 Å². The van der Waals surface area contributed by atoms with E-state index in [0.29, 0.717) is 22.9 Å². The van der Waals surface area contributed by atoms with Crippen molar-refractivity contribution < 1.29 is 17.9 Å². The summed E-state index contributed by atoms with van der Waals surface area (Å²) in [6.45, 7) is 1.77. The summed E-state index contributed by atoms with van der Waals surface area (Å²) in [5, 5.41) is 3.05. The van der Waals surface area contributed by atoms with Gasteiger partial charge >= 0.3 is 0 Å². The van der Waals surface area contributed by atoms with Crippen LogP contribution in [0.25, 0.3) is 0 Å². The van der Waals surface area contributed by atoms with E-state index in [1.54, 1.807) is 19.1 Å². The van der Waals surface area contributed by atoms with Crippen LogP contribution >= 0.6 is 0 Å². The van der Waals surface area contributed by atoms with Gasteiger partial charge in [0.1, 0.15) is 9.84 Å². The van der Waals surface area contributed by atoms with Crippen molar-refractivity contribution in [3.8, 4) is 11.5 Å². The quantitative estimate of drug-likeness (QED) is 0.763. The topological polar surface area (TPSA) is 90.6 Å². The highest BCUT2D eigenvalue weighted by Gasteiger charge is 2.14. The van der Waals surface area contributed by atoms with E-state index in [2.05, 4.69) is 5.32 Å². The predicted octanol–water partition coefficient (Wildman–Crippen LogP) is 1.13. The number of nitrogen functional groups attached to an aromatic ring is 1. The van der Waals surface area contributed by atoms with Crippen LogP contribution in [0.1, 0.15) is 6.92 Å². The highest BCUT2D eigenvalue weighted by atomic mass is 32.2. The van der Waals surface area contributed by atoms with Crippen LogP contribution in [0.2, 0.25) is 0 Å². The number of hydrogen-bond donors (Lipinski definition) is 2. The number of nitrogens with one attached hydrogen (secondary N) is 1. The molecule has 0 aliphatic rings.